The molecule has 2 aliphatic rings. The van der Waals surface area contributed by atoms with Crippen LogP contribution in [0.25, 0.3) is 0 Å². The van der Waals surface area contributed by atoms with Crippen molar-refractivity contribution in [3.05, 3.63) is 41.9 Å². The zero-order chi connectivity index (χ0) is 19.9. The maximum Gasteiger partial charge on any atom is 0.338 e. The number of ether oxygens (including phenoxy) is 4. The van der Waals surface area contributed by atoms with Crippen LogP contribution in [0.1, 0.15) is 43.0 Å². The maximum absolute atomic E-state index is 12.7. The number of Topliss-reactive ketones (excluding diaryl/α,β-unsaturated/α-hetero) is 1. The van der Waals surface area contributed by atoms with Crippen LogP contribution in [0.2, 0.25) is 0 Å². The number of ketones is 1. The summed E-state index contributed by atoms with van der Waals surface area (Å²) in [5.74, 6) is -0.159. The molecule has 1 saturated carbocycles. The molecule has 7 nitrogen and oxygen atoms in total. The van der Waals surface area contributed by atoms with E-state index in [9.17, 15) is 9.59 Å². The van der Waals surface area contributed by atoms with Crippen molar-refractivity contribution in [1.82, 2.24) is 0 Å². The molecule has 0 spiro atoms. The van der Waals surface area contributed by atoms with Crippen molar-refractivity contribution >= 4 is 11.8 Å². The van der Waals surface area contributed by atoms with E-state index in [4.69, 9.17) is 24.2 Å². The van der Waals surface area contributed by atoms with Gasteiger partial charge in [0, 0.05) is 6.42 Å². The van der Waals surface area contributed by atoms with Gasteiger partial charge in [-0.2, -0.15) is 5.26 Å². The molecule has 28 heavy (non-hydrogen) atoms. The first-order chi connectivity index (χ1) is 13.6. The van der Waals surface area contributed by atoms with Gasteiger partial charge >= 0.3 is 5.97 Å². The van der Waals surface area contributed by atoms with Crippen molar-refractivity contribution in [3.8, 4) is 11.8 Å². The molecule has 0 aromatic heterocycles. The van der Waals surface area contributed by atoms with Crippen LogP contribution in [-0.4, -0.2) is 37.2 Å². The molecule has 1 heterocycles. The van der Waals surface area contributed by atoms with Gasteiger partial charge in [-0.3, -0.25) is 4.79 Å². The lowest BCUT2D eigenvalue weighted by Gasteiger charge is -2.36. The number of hydrogen-bond acceptors (Lipinski definition) is 7. The highest BCUT2D eigenvalue weighted by atomic mass is 16.5. The minimum Gasteiger partial charge on any atom is -0.493 e. The van der Waals surface area contributed by atoms with Crippen LogP contribution in [0, 0.1) is 17.2 Å². The number of hydrogen-bond donors (Lipinski definition) is 0. The quantitative estimate of drug-likeness (QED) is 0.665. The number of benzene rings is 1. The molecule has 1 fully saturated rings. The first kappa shape index (κ1) is 19.9. The highest BCUT2D eigenvalue weighted by Gasteiger charge is 2.41. The Balaban J connectivity index is 1.59. The Morgan fingerprint density at radius 2 is 2.07 bits per heavy atom. The van der Waals surface area contributed by atoms with Crippen molar-refractivity contribution in [2.45, 2.75) is 44.8 Å². The highest BCUT2D eigenvalue weighted by Crippen LogP contribution is 2.35. The molecule has 0 saturated heterocycles. The average Bonchev–Trinajstić information content (AvgIpc) is 2.73. The third-order valence-corrected chi connectivity index (χ3v) is 4.81. The standard InChI is InChI=1S/C21H23NO6/c1-2-10-26-21(24)14-3-5-15(6-4-14)28-19-13-27-18-12-16(25-11-9-22)7-8-17(18)20(19)23/h3-6,13,16-18H,2,7-8,10-12H2,1H3. The molecular weight excluding hydrogens is 362 g/mol. The molecule has 0 bridgehead atoms. The third kappa shape index (κ3) is 4.70. The van der Waals surface area contributed by atoms with Gasteiger partial charge in [-0.1, -0.05) is 6.92 Å². The predicted molar refractivity (Wildman–Crippen MR) is 98.3 cm³/mol. The number of allylic oxidation sites excluding steroid dienone is 1. The van der Waals surface area contributed by atoms with E-state index < -0.39 is 0 Å². The van der Waals surface area contributed by atoms with Gasteiger partial charge in [0.25, 0.3) is 0 Å². The number of fused-ring (bicyclic) bond motifs is 1. The Kier molecular flexibility index (Phi) is 6.66. The summed E-state index contributed by atoms with van der Waals surface area (Å²) in [5, 5.41) is 8.62. The largest absolute Gasteiger partial charge is 0.493 e. The van der Waals surface area contributed by atoms with E-state index in [0.29, 0.717) is 37.2 Å². The normalized spacial score (nSPS) is 23.6. The lowest BCUT2D eigenvalue weighted by Crippen LogP contribution is -2.42. The second-order valence-corrected chi connectivity index (χ2v) is 6.79. The number of esters is 1. The predicted octanol–water partition coefficient (Wildman–Crippen LogP) is 3.15. The molecule has 148 valence electrons. The van der Waals surface area contributed by atoms with Crippen LogP contribution < -0.4 is 4.74 Å². The molecule has 1 aliphatic heterocycles. The van der Waals surface area contributed by atoms with Gasteiger partial charge in [0.15, 0.2) is 0 Å². The summed E-state index contributed by atoms with van der Waals surface area (Å²) in [6.45, 7) is 2.35. The molecule has 3 atom stereocenters. The molecule has 0 radical (unpaired) electrons. The number of carbonyl (C=O) groups excluding carboxylic acids is 2. The first-order valence-corrected chi connectivity index (χ1v) is 9.45. The number of nitriles is 1. The Labute approximate surface area is 163 Å². The topological polar surface area (TPSA) is 94.8 Å². The van der Waals surface area contributed by atoms with Crippen LogP contribution in [-0.2, 0) is 19.0 Å². The summed E-state index contributed by atoms with van der Waals surface area (Å²) in [5.41, 5.74) is 0.428. The Morgan fingerprint density at radius 1 is 1.29 bits per heavy atom. The Morgan fingerprint density at radius 3 is 2.79 bits per heavy atom. The van der Waals surface area contributed by atoms with Gasteiger partial charge in [-0.25, -0.2) is 4.79 Å². The monoisotopic (exact) mass is 385 g/mol. The Hall–Kier alpha value is -2.85. The van der Waals surface area contributed by atoms with Crippen molar-refractivity contribution in [3.63, 3.8) is 0 Å². The fourth-order valence-corrected chi connectivity index (χ4v) is 3.38. The second-order valence-electron chi connectivity index (χ2n) is 6.79. The van der Waals surface area contributed by atoms with E-state index in [1.165, 1.54) is 6.26 Å². The summed E-state index contributed by atoms with van der Waals surface area (Å²) in [7, 11) is 0. The van der Waals surface area contributed by atoms with Gasteiger partial charge in [0.1, 0.15) is 24.7 Å². The molecule has 1 aromatic carbocycles. The highest BCUT2D eigenvalue weighted by molar-refractivity contribution is 5.96. The first-order valence-electron chi connectivity index (χ1n) is 9.45. The summed E-state index contributed by atoms with van der Waals surface area (Å²) in [6, 6.07) is 8.40. The molecule has 3 unspecified atom stereocenters. The van der Waals surface area contributed by atoms with Crippen LogP contribution in [0.3, 0.4) is 0 Å². The van der Waals surface area contributed by atoms with Gasteiger partial charge < -0.3 is 18.9 Å². The number of nitrogens with zero attached hydrogens (tertiary/aromatic N) is 1. The Bertz CT molecular complexity index is 779. The molecular formula is C21H23NO6. The summed E-state index contributed by atoms with van der Waals surface area (Å²) >= 11 is 0. The maximum atomic E-state index is 12.7. The number of rotatable bonds is 7. The van der Waals surface area contributed by atoms with E-state index in [0.717, 1.165) is 6.42 Å². The summed E-state index contributed by atoms with van der Waals surface area (Å²) < 4.78 is 21.9. The summed E-state index contributed by atoms with van der Waals surface area (Å²) in [6.07, 6.45) is 3.70. The minimum atomic E-state index is -0.386. The zero-order valence-corrected chi connectivity index (χ0v) is 15.8. The van der Waals surface area contributed by atoms with Crippen molar-refractivity contribution in [2.24, 2.45) is 5.92 Å². The average molecular weight is 385 g/mol. The molecule has 0 N–H and O–H groups in total. The van der Waals surface area contributed by atoms with Crippen LogP contribution >= 0.6 is 0 Å². The van der Waals surface area contributed by atoms with Gasteiger partial charge in [-0.15, -0.1) is 0 Å². The van der Waals surface area contributed by atoms with Crippen molar-refractivity contribution in [2.75, 3.05) is 13.2 Å². The summed E-state index contributed by atoms with van der Waals surface area (Å²) in [4.78, 5) is 24.6. The molecule has 1 aliphatic carbocycles. The van der Waals surface area contributed by atoms with Gasteiger partial charge in [-0.05, 0) is 43.5 Å². The van der Waals surface area contributed by atoms with Crippen LogP contribution in [0.5, 0.6) is 5.75 Å². The van der Waals surface area contributed by atoms with Crippen LogP contribution in [0.15, 0.2) is 36.3 Å². The molecule has 1 aromatic rings. The van der Waals surface area contributed by atoms with Crippen LogP contribution in [0.4, 0.5) is 0 Å². The zero-order valence-electron chi connectivity index (χ0n) is 15.8. The molecule has 7 heteroatoms. The second kappa shape index (κ2) is 9.38. The minimum absolute atomic E-state index is 0.0438. The fraction of sp³-hybridized carbons (Fsp3) is 0.476. The SMILES string of the molecule is CCCOC(=O)c1ccc(OC2=COC3CC(OCC#N)CCC3C2=O)cc1. The van der Waals surface area contributed by atoms with E-state index in [1.54, 1.807) is 24.3 Å². The van der Waals surface area contributed by atoms with E-state index >= 15 is 0 Å². The molecule has 0 amide bonds. The van der Waals surface area contributed by atoms with Gasteiger partial charge in [0.2, 0.25) is 11.5 Å². The van der Waals surface area contributed by atoms with Crippen molar-refractivity contribution < 1.29 is 28.5 Å². The van der Waals surface area contributed by atoms with Crippen molar-refractivity contribution in [1.29, 1.82) is 5.26 Å². The van der Waals surface area contributed by atoms with E-state index in [-0.39, 0.29) is 42.2 Å². The third-order valence-electron chi connectivity index (χ3n) is 4.81. The molecule has 3 rings (SSSR count). The smallest absolute Gasteiger partial charge is 0.338 e. The fourth-order valence-electron chi connectivity index (χ4n) is 3.38. The van der Waals surface area contributed by atoms with Gasteiger partial charge in [0.05, 0.1) is 30.3 Å². The number of carbonyl (C=O) groups is 2. The van der Waals surface area contributed by atoms with E-state index in [2.05, 4.69) is 0 Å². The lowest BCUT2D eigenvalue weighted by atomic mass is 9.80. The lowest BCUT2D eigenvalue weighted by molar-refractivity contribution is -0.133. The van der Waals surface area contributed by atoms with E-state index in [1.807, 2.05) is 13.0 Å².